The molecule has 22 heavy (non-hydrogen) atoms. The van der Waals surface area contributed by atoms with E-state index in [0.717, 1.165) is 11.1 Å². The van der Waals surface area contributed by atoms with Crippen molar-refractivity contribution >= 4 is 22.0 Å². The first kappa shape index (κ1) is 15.7. The summed E-state index contributed by atoms with van der Waals surface area (Å²) in [6, 6.07) is 3.00. The highest BCUT2D eigenvalue weighted by atomic mass is 79.9. The van der Waals surface area contributed by atoms with Gasteiger partial charge in [0.2, 0.25) is 0 Å². The van der Waals surface area contributed by atoms with E-state index in [4.69, 9.17) is 9.47 Å². The number of benzene rings is 1. The zero-order valence-corrected chi connectivity index (χ0v) is 14.4. The molecular formula is C16H19BrFNO3. The second kappa shape index (κ2) is 5.49. The van der Waals surface area contributed by atoms with E-state index in [2.05, 4.69) is 15.9 Å². The van der Waals surface area contributed by atoms with Crippen LogP contribution in [0.25, 0.3) is 0 Å². The van der Waals surface area contributed by atoms with Crippen LogP contribution in [0.1, 0.15) is 37.9 Å². The normalized spacial score (nSPS) is 24.0. The number of nitrogens with zero attached hydrogens (tertiary/aromatic N) is 1. The Labute approximate surface area is 137 Å². The molecule has 1 aromatic rings. The average molecular weight is 372 g/mol. The molecule has 2 atom stereocenters. The highest BCUT2D eigenvalue weighted by Crippen LogP contribution is 2.42. The van der Waals surface area contributed by atoms with Gasteiger partial charge in [-0.3, -0.25) is 4.90 Å². The van der Waals surface area contributed by atoms with Gasteiger partial charge in [-0.25, -0.2) is 9.18 Å². The molecule has 2 aliphatic rings. The highest BCUT2D eigenvalue weighted by Gasteiger charge is 2.43. The number of carbonyl (C=O) groups is 1. The van der Waals surface area contributed by atoms with Crippen molar-refractivity contribution in [3.8, 4) is 0 Å². The molecule has 0 N–H and O–H groups in total. The number of hydrogen-bond donors (Lipinski definition) is 0. The van der Waals surface area contributed by atoms with Crippen LogP contribution < -0.4 is 0 Å². The van der Waals surface area contributed by atoms with Crippen molar-refractivity contribution in [3.05, 3.63) is 33.5 Å². The van der Waals surface area contributed by atoms with Crippen molar-refractivity contribution in [2.24, 2.45) is 0 Å². The lowest BCUT2D eigenvalue weighted by molar-refractivity contribution is -0.0698. The molecule has 1 heterocycles. The van der Waals surface area contributed by atoms with Crippen LogP contribution in [0.15, 0.2) is 16.6 Å². The second-order valence-electron chi connectivity index (χ2n) is 6.70. The Balaban J connectivity index is 1.93. The predicted octanol–water partition coefficient (Wildman–Crippen LogP) is 3.82. The lowest BCUT2D eigenvalue weighted by Gasteiger charge is -2.38. The van der Waals surface area contributed by atoms with Gasteiger partial charge in [0, 0.05) is 13.0 Å². The fourth-order valence-electron chi connectivity index (χ4n) is 3.07. The number of ether oxygens (including phenoxy) is 2. The first-order chi connectivity index (χ1) is 10.3. The third-order valence-electron chi connectivity index (χ3n) is 3.90. The largest absolute Gasteiger partial charge is 0.444 e. The molecular weight excluding hydrogens is 353 g/mol. The van der Waals surface area contributed by atoms with Gasteiger partial charge in [-0.15, -0.1) is 0 Å². The van der Waals surface area contributed by atoms with Crippen molar-refractivity contribution in [1.29, 1.82) is 0 Å². The van der Waals surface area contributed by atoms with Crippen LogP contribution in [0.2, 0.25) is 0 Å². The molecule has 1 aromatic carbocycles. The molecule has 1 amide bonds. The zero-order valence-electron chi connectivity index (χ0n) is 12.9. The van der Waals surface area contributed by atoms with Gasteiger partial charge in [0.1, 0.15) is 11.4 Å². The van der Waals surface area contributed by atoms with Gasteiger partial charge < -0.3 is 9.47 Å². The number of morpholine rings is 1. The van der Waals surface area contributed by atoms with Crippen molar-refractivity contribution in [3.63, 3.8) is 0 Å². The van der Waals surface area contributed by atoms with Gasteiger partial charge in [0.15, 0.2) is 0 Å². The number of amides is 1. The van der Waals surface area contributed by atoms with Crippen LogP contribution >= 0.6 is 15.9 Å². The molecule has 3 rings (SSSR count). The van der Waals surface area contributed by atoms with E-state index in [1.807, 2.05) is 20.8 Å². The lowest BCUT2D eigenvalue weighted by Crippen LogP contribution is -2.48. The van der Waals surface area contributed by atoms with E-state index in [0.29, 0.717) is 24.0 Å². The Kier molecular flexibility index (Phi) is 3.93. The summed E-state index contributed by atoms with van der Waals surface area (Å²) < 4.78 is 25.6. The quantitative estimate of drug-likeness (QED) is 0.695. The fraction of sp³-hybridized carbons (Fsp3) is 0.562. The van der Waals surface area contributed by atoms with Gasteiger partial charge in [-0.05, 0) is 60.0 Å². The Bertz CT molecular complexity index is 614. The summed E-state index contributed by atoms with van der Waals surface area (Å²) in [5.41, 5.74) is 1.27. The number of carbonyl (C=O) groups excluding carboxylic acids is 1. The standard InChI is InChI=1S/C16H19BrFNO3/c1-16(2,3)22-15(20)19-4-5-21-13-7-9-6-11(17)12(18)8-10(9)14(13)19/h6,8,13-14H,4-5,7H2,1-3H3/t13-,14+/m1/s1. The maximum absolute atomic E-state index is 13.9. The molecule has 6 heteroatoms. The fourth-order valence-corrected chi connectivity index (χ4v) is 3.46. The molecule has 0 bridgehead atoms. The van der Waals surface area contributed by atoms with E-state index < -0.39 is 5.60 Å². The first-order valence-corrected chi connectivity index (χ1v) is 8.14. The lowest BCUT2D eigenvalue weighted by atomic mass is 10.1. The second-order valence-corrected chi connectivity index (χ2v) is 7.55. The van der Waals surface area contributed by atoms with Gasteiger partial charge in [-0.1, -0.05) is 0 Å². The molecule has 1 aliphatic carbocycles. The predicted molar refractivity (Wildman–Crippen MR) is 83.2 cm³/mol. The van der Waals surface area contributed by atoms with Gasteiger partial charge in [-0.2, -0.15) is 0 Å². The van der Waals surface area contributed by atoms with Gasteiger partial charge in [0.05, 0.1) is 23.2 Å². The minimum Gasteiger partial charge on any atom is -0.444 e. The Hall–Kier alpha value is -1.14. The smallest absolute Gasteiger partial charge is 0.410 e. The minimum atomic E-state index is -0.558. The summed E-state index contributed by atoms with van der Waals surface area (Å²) in [6.45, 7) is 6.43. The van der Waals surface area contributed by atoms with Crippen molar-refractivity contribution < 1.29 is 18.7 Å². The Morgan fingerprint density at radius 1 is 1.45 bits per heavy atom. The number of fused-ring (bicyclic) bond motifs is 3. The molecule has 0 aromatic heterocycles. The molecule has 4 nitrogen and oxygen atoms in total. The van der Waals surface area contributed by atoms with Gasteiger partial charge >= 0.3 is 6.09 Å². The third-order valence-corrected chi connectivity index (χ3v) is 4.51. The Morgan fingerprint density at radius 3 is 2.86 bits per heavy atom. The first-order valence-electron chi connectivity index (χ1n) is 7.35. The van der Waals surface area contributed by atoms with Crippen LogP contribution in [0.4, 0.5) is 9.18 Å². The molecule has 1 fully saturated rings. The summed E-state index contributed by atoms with van der Waals surface area (Å²) in [5.74, 6) is -0.325. The van der Waals surface area contributed by atoms with Crippen molar-refractivity contribution in [1.82, 2.24) is 4.90 Å². The van der Waals surface area contributed by atoms with E-state index in [9.17, 15) is 9.18 Å². The summed E-state index contributed by atoms with van der Waals surface area (Å²) in [5, 5.41) is 0. The van der Waals surface area contributed by atoms with Crippen LogP contribution in [-0.4, -0.2) is 35.8 Å². The van der Waals surface area contributed by atoms with Crippen LogP contribution in [0.3, 0.4) is 0 Å². The third kappa shape index (κ3) is 2.86. The number of hydrogen-bond acceptors (Lipinski definition) is 3. The van der Waals surface area contributed by atoms with Crippen molar-refractivity contribution in [2.45, 2.75) is 44.9 Å². The van der Waals surface area contributed by atoms with Crippen LogP contribution in [0, 0.1) is 5.82 Å². The summed E-state index contributed by atoms with van der Waals surface area (Å²) in [6.07, 6.45) is 0.171. The molecule has 0 saturated carbocycles. The minimum absolute atomic E-state index is 0.134. The number of halogens is 2. The maximum atomic E-state index is 13.9. The topological polar surface area (TPSA) is 38.8 Å². The molecule has 0 radical (unpaired) electrons. The number of rotatable bonds is 0. The average Bonchev–Trinajstić information content (AvgIpc) is 2.75. The van der Waals surface area contributed by atoms with E-state index >= 15 is 0 Å². The maximum Gasteiger partial charge on any atom is 0.410 e. The molecule has 120 valence electrons. The van der Waals surface area contributed by atoms with E-state index in [1.54, 1.807) is 11.0 Å². The van der Waals surface area contributed by atoms with Crippen molar-refractivity contribution in [2.75, 3.05) is 13.2 Å². The summed E-state index contributed by atoms with van der Waals surface area (Å²) in [7, 11) is 0. The molecule has 0 unspecified atom stereocenters. The van der Waals surface area contributed by atoms with E-state index in [1.165, 1.54) is 6.07 Å². The zero-order chi connectivity index (χ0) is 16.1. The van der Waals surface area contributed by atoms with Crippen LogP contribution in [-0.2, 0) is 15.9 Å². The summed E-state index contributed by atoms with van der Waals surface area (Å²) in [4.78, 5) is 14.1. The monoisotopic (exact) mass is 371 g/mol. The molecule has 1 aliphatic heterocycles. The van der Waals surface area contributed by atoms with E-state index in [-0.39, 0.29) is 24.1 Å². The van der Waals surface area contributed by atoms with Crippen LogP contribution in [0.5, 0.6) is 0 Å². The molecule has 0 spiro atoms. The summed E-state index contributed by atoms with van der Waals surface area (Å²) >= 11 is 3.21. The Morgan fingerprint density at radius 2 is 2.18 bits per heavy atom. The SMILES string of the molecule is CC(C)(C)OC(=O)N1CCO[C@@H]2Cc3cc(Br)c(F)cc3[C@@H]21. The molecule has 1 saturated heterocycles. The van der Waals surface area contributed by atoms with Gasteiger partial charge in [0.25, 0.3) is 0 Å². The highest BCUT2D eigenvalue weighted by molar-refractivity contribution is 9.10.